The van der Waals surface area contributed by atoms with Gasteiger partial charge in [0.1, 0.15) is 6.54 Å². The average Bonchev–Trinajstić information content (AvgIpc) is 2.61. The highest BCUT2D eigenvalue weighted by molar-refractivity contribution is 7.89. The van der Waals surface area contributed by atoms with Gasteiger partial charge in [0.2, 0.25) is 10.0 Å². The summed E-state index contributed by atoms with van der Waals surface area (Å²) in [6.07, 6.45) is 3.04. The number of hydrogen-bond acceptors (Lipinski definition) is 3. The number of aromatic nitrogens is 1. The number of carboxylic acid groups (broad SMARTS) is 1. The molecule has 0 aliphatic rings. The van der Waals surface area contributed by atoms with Crippen LogP contribution in [0.5, 0.6) is 0 Å². The quantitative estimate of drug-likeness (QED) is 0.800. The molecule has 0 aliphatic heterocycles. The molecular weight excluding hydrogens is 232 g/mol. The fourth-order valence-electron chi connectivity index (χ4n) is 1.30. The third-order valence-corrected chi connectivity index (χ3v) is 4.01. The zero-order chi connectivity index (χ0) is 12.3. The van der Waals surface area contributed by atoms with Gasteiger partial charge >= 0.3 is 5.97 Å². The lowest BCUT2D eigenvalue weighted by Crippen LogP contribution is -2.35. The van der Waals surface area contributed by atoms with E-state index in [1.807, 2.05) is 0 Å². The molecule has 1 rings (SSSR count). The Kier molecular flexibility index (Phi) is 3.71. The zero-order valence-corrected chi connectivity index (χ0v) is 9.94. The fourth-order valence-corrected chi connectivity index (χ4v) is 2.75. The van der Waals surface area contributed by atoms with E-state index in [2.05, 4.69) is 0 Å². The number of rotatable bonds is 5. The summed E-state index contributed by atoms with van der Waals surface area (Å²) in [5.74, 6) is -1.17. The van der Waals surface area contributed by atoms with E-state index in [9.17, 15) is 13.2 Å². The van der Waals surface area contributed by atoms with Gasteiger partial charge < -0.3 is 9.67 Å². The average molecular weight is 246 g/mol. The van der Waals surface area contributed by atoms with Crippen LogP contribution in [0.4, 0.5) is 0 Å². The van der Waals surface area contributed by atoms with Crippen LogP contribution in [0, 0.1) is 0 Å². The monoisotopic (exact) mass is 246 g/mol. The van der Waals surface area contributed by atoms with Crippen LogP contribution in [-0.2, 0) is 21.9 Å². The van der Waals surface area contributed by atoms with E-state index in [-0.39, 0.29) is 11.4 Å². The van der Waals surface area contributed by atoms with E-state index in [0.717, 1.165) is 4.31 Å². The molecule has 0 radical (unpaired) electrons. The zero-order valence-electron chi connectivity index (χ0n) is 9.12. The fraction of sp³-hybridized carbons (Fsp3) is 0.444. The van der Waals surface area contributed by atoms with E-state index in [1.54, 1.807) is 24.7 Å². The van der Waals surface area contributed by atoms with Gasteiger partial charge in [-0.05, 0) is 6.07 Å². The van der Waals surface area contributed by atoms with Gasteiger partial charge in [-0.2, -0.15) is 4.31 Å². The first-order valence-corrected chi connectivity index (χ1v) is 6.16. The van der Waals surface area contributed by atoms with Crippen molar-refractivity contribution in [3.05, 3.63) is 18.5 Å². The van der Waals surface area contributed by atoms with Crippen molar-refractivity contribution >= 4 is 16.0 Å². The molecule has 6 nitrogen and oxygen atoms in total. The third-order valence-electron chi connectivity index (χ3n) is 2.11. The first-order valence-electron chi connectivity index (χ1n) is 4.72. The van der Waals surface area contributed by atoms with E-state index in [4.69, 9.17) is 5.11 Å². The Hall–Kier alpha value is -1.34. The van der Waals surface area contributed by atoms with Crippen LogP contribution in [0.1, 0.15) is 6.92 Å². The number of nitrogens with zero attached hydrogens (tertiary/aromatic N) is 2. The topological polar surface area (TPSA) is 79.6 Å². The lowest BCUT2D eigenvalue weighted by atomic mass is 10.6. The SMILES string of the molecule is CCN(CC(=O)O)S(=O)(=O)c1ccn(C)c1. The van der Waals surface area contributed by atoms with E-state index in [0.29, 0.717) is 0 Å². The Balaban J connectivity index is 3.04. The molecule has 0 atom stereocenters. The molecule has 0 amide bonds. The second kappa shape index (κ2) is 4.67. The second-order valence-electron chi connectivity index (χ2n) is 3.34. The highest BCUT2D eigenvalue weighted by Gasteiger charge is 2.25. The Morgan fingerprint density at radius 1 is 1.56 bits per heavy atom. The molecule has 0 saturated heterocycles. The molecule has 0 bridgehead atoms. The van der Waals surface area contributed by atoms with Crippen LogP contribution in [0.25, 0.3) is 0 Å². The molecule has 0 fully saturated rings. The summed E-state index contributed by atoms with van der Waals surface area (Å²) in [6.45, 7) is 1.21. The molecule has 0 aliphatic carbocycles. The summed E-state index contributed by atoms with van der Waals surface area (Å²) in [7, 11) is -1.99. The predicted octanol–water partition coefficient (Wildman–Crippen LogP) is 0.120. The van der Waals surface area contributed by atoms with Crippen LogP contribution in [0.15, 0.2) is 23.4 Å². The Morgan fingerprint density at radius 3 is 2.56 bits per heavy atom. The Bertz CT molecular complexity index is 477. The van der Waals surface area contributed by atoms with E-state index >= 15 is 0 Å². The lowest BCUT2D eigenvalue weighted by molar-refractivity contribution is -0.137. The normalized spacial score (nSPS) is 11.9. The lowest BCUT2D eigenvalue weighted by Gasteiger charge is -2.17. The largest absolute Gasteiger partial charge is 0.480 e. The first kappa shape index (κ1) is 12.7. The number of aliphatic carboxylic acids is 1. The van der Waals surface area contributed by atoms with Crippen molar-refractivity contribution in [1.82, 2.24) is 8.87 Å². The number of likely N-dealkylation sites (N-methyl/N-ethyl adjacent to an activating group) is 1. The summed E-state index contributed by atoms with van der Waals surface area (Å²) >= 11 is 0. The smallest absolute Gasteiger partial charge is 0.318 e. The molecule has 1 heterocycles. The summed E-state index contributed by atoms with van der Waals surface area (Å²) in [6, 6.07) is 1.44. The van der Waals surface area contributed by atoms with Gasteiger partial charge in [0.05, 0.1) is 4.90 Å². The molecule has 1 N–H and O–H groups in total. The minimum atomic E-state index is -3.69. The van der Waals surface area contributed by atoms with Crippen molar-refractivity contribution in [3.8, 4) is 0 Å². The van der Waals surface area contributed by atoms with Gasteiger partial charge in [0.25, 0.3) is 0 Å². The molecule has 16 heavy (non-hydrogen) atoms. The van der Waals surface area contributed by atoms with Gasteiger partial charge in [-0.1, -0.05) is 6.92 Å². The number of sulfonamides is 1. The maximum Gasteiger partial charge on any atom is 0.318 e. The second-order valence-corrected chi connectivity index (χ2v) is 5.28. The highest BCUT2D eigenvalue weighted by atomic mass is 32.2. The molecule has 0 saturated carbocycles. The van der Waals surface area contributed by atoms with E-state index < -0.39 is 22.5 Å². The molecule has 7 heteroatoms. The number of hydrogen-bond donors (Lipinski definition) is 1. The summed E-state index contributed by atoms with van der Waals surface area (Å²) in [4.78, 5) is 10.6. The van der Waals surface area contributed by atoms with Crippen molar-refractivity contribution in [2.24, 2.45) is 7.05 Å². The van der Waals surface area contributed by atoms with Crippen LogP contribution >= 0.6 is 0 Å². The van der Waals surface area contributed by atoms with Crippen LogP contribution in [-0.4, -0.2) is 41.5 Å². The van der Waals surface area contributed by atoms with Gasteiger partial charge in [0.15, 0.2) is 0 Å². The molecule has 0 aromatic carbocycles. The van der Waals surface area contributed by atoms with Crippen molar-refractivity contribution in [3.63, 3.8) is 0 Å². The molecule has 1 aromatic rings. The molecule has 0 spiro atoms. The molecule has 90 valence electrons. The highest BCUT2D eigenvalue weighted by Crippen LogP contribution is 2.14. The summed E-state index contributed by atoms with van der Waals surface area (Å²) in [5.41, 5.74) is 0. The van der Waals surface area contributed by atoms with Gasteiger partial charge in [-0.3, -0.25) is 4.79 Å². The van der Waals surface area contributed by atoms with Crippen molar-refractivity contribution < 1.29 is 18.3 Å². The maximum atomic E-state index is 12.0. The minimum Gasteiger partial charge on any atom is -0.480 e. The minimum absolute atomic E-state index is 0.109. The number of aryl methyl sites for hydroxylation is 1. The standard InChI is InChI=1S/C9H14N2O4S/c1-3-11(7-9(12)13)16(14,15)8-4-5-10(2)6-8/h4-6H,3,7H2,1-2H3,(H,12,13). The van der Waals surface area contributed by atoms with Gasteiger partial charge in [0, 0.05) is 26.0 Å². The Morgan fingerprint density at radius 2 is 2.19 bits per heavy atom. The van der Waals surface area contributed by atoms with Crippen molar-refractivity contribution in [2.75, 3.05) is 13.1 Å². The van der Waals surface area contributed by atoms with Crippen LogP contribution in [0.2, 0.25) is 0 Å². The van der Waals surface area contributed by atoms with E-state index in [1.165, 1.54) is 12.3 Å². The van der Waals surface area contributed by atoms with Crippen LogP contribution in [0.3, 0.4) is 0 Å². The predicted molar refractivity (Wildman–Crippen MR) is 57.5 cm³/mol. The van der Waals surface area contributed by atoms with Crippen molar-refractivity contribution in [2.45, 2.75) is 11.8 Å². The summed E-state index contributed by atoms with van der Waals surface area (Å²) in [5, 5.41) is 8.62. The van der Waals surface area contributed by atoms with Crippen LogP contribution < -0.4 is 0 Å². The summed E-state index contributed by atoms with van der Waals surface area (Å²) < 4.78 is 26.4. The molecule has 1 aromatic heterocycles. The van der Waals surface area contributed by atoms with Crippen molar-refractivity contribution in [1.29, 1.82) is 0 Å². The van der Waals surface area contributed by atoms with Gasteiger partial charge in [-0.25, -0.2) is 8.42 Å². The molecule has 0 unspecified atom stereocenters. The molecular formula is C9H14N2O4S. The first-order chi connectivity index (χ1) is 7.37. The number of carboxylic acids is 1. The maximum absolute atomic E-state index is 12.0. The third kappa shape index (κ3) is 2.61. The van der Waals surface area contributed by atoms with Gasteiger partial charge in [-0.15, -0.1) is 0 Å². The number of carbonyl (C=O) groups is 1. The Labute approximate surface area is 94.2 Å².